The number of anilines is 1. The van der Waals surface area contributed by atoms with Gasteiger partial charge in [-0.25, -0.2) is 18.0 Å². The maximum Gasteiger partial charge on any atom is 1.00 e. The van der Waals surface area contributed by atoms with Crippen LogP contribution in [0.15, 0.2) is 90.9 Å². The number of rotatable bonds is 14. The Morgan fingerprint density at radius 3 is 1.96 bits per heavy atom. The van der Waals surface area contributed by atoms with Crippen molar-refractivity contribution in [1.29, 1.82) is 0 Å². The second-order valence-corrected chi connectivity index (χ2v) is 18.2. The Bertz CT molecular complexity index is 2690. The van der Waals surface area contributed by atoms with Gasteiger partial charge in [0.2, 0.25) is 5.69 Å². The number of hydrogen-bond donors (Lipinski definition) is 1. The summed E-state index contributed by atoms with van der Waals surface area (Å²) in [5.74, 6) is -1.69. The number of aryl methyl sites for hydroxylation is 2. The normalized spacial score (nSPS) is 17.4. The SMILES string of the molecule is Cn1c(=O)oc2cc3c(cc21)N(CCCCS(=O)(=O)[O-])C(=CC=CC=CC=CC1=[N+](CCCCS(=O)(=O)O)c2cc4c(cc2C1(C)C)oc(=O)n4C)C3(C)C.[Na+]. The van der Waals surface area contributed by atoms with E-state index in [2.05, 4.69) is 37.2 Å². The first kappa shape index (κ1) is 43.4. The van der Waals surface area contributed by atoms with Gasteiger partial charge in [0, 0.05) is 67.3 Å². The van der Waals surface area contributed by atoms with Gasteiger partial charge < -0.3 is 18.3 Å². The molecule has 0 saturated heterocycles. The molecule has 56 heavy (non-hydrogen) atoms. The van der Waals surface area contributed by atoms with Crippen molar-refractivity contribution in [2.24, 2.45) is 14.1 Å². The van der Waals surface area contributed by atoms with Gasteiger partial charge in [-0.1, -0.05) is 44.2 Å². The van der Waals surface area contributed by atoms with Gasteiger partial charge in [0.15, 0.2) is 16.9 Å². The largest absolute Gasteiger partial charge is 1.00 e. The summed E-state index contributed by atoms with van der Waals surface area (Å²) in [7, 11) is -5.12. The van der Waals surface area contributed by atoms with E-state index in [0.29, 0.717) is 48.1 Å². The summed E-state index contributed by atoms with van der Waals surface area (Å²) in [5.41, 5.74) is 6.90. The van der Waals surface area contributed by atoms with Crippen LogP contribution >= 0.6 is 0 Å². The predicted molar refractivity (Wildman–Crippen MR) is 211 cm³/mol. The molecule has 0 saturated carbocycles. The molecule has 17 heteroatoms. The third kappa shape index (κ3) is 8.71. The number of hydrogen-bond acceptors (Lipinski definition) is 10. The van der Waals surface area contributed by atoms with E-state index in [1.807, 2.05) is 66.8 Å². The van der Waals surface area contributed by atoms with Crippen LogP contribution in [0.1, 0.15) is 64.5 Å². The Kier molecular flexibility index (Phi) is 12.6. The molecular weight excluding hydrogens is 772 g/mol. The van der Waals surface area contributed by atoms with Gasteiger partial charge in [-0.15, -0.1) is 0 Å². The Hall–Kier alpha value is -3.77. The van der Waals surface area contributed by atoms with Crippen molar-refractivity contribution in [2.75, 3.05) is 29.5 Å². The molecule has 2 aliphatic rings. The van der Waals surface area contributed by atoms with Gasteiger partial charge >= 0.3 is 41.1 Å². The van der Waals surface area contributed by atoms with Crippen molar-refractivity contribution in [2.45, 2.75) is 64.2 Å². The second kappa shape index (κ2) is 16.2. The fraction of sp³-hybridized carbons (Fsp3) is 0.410. The average Bonchev–Trinajstić information content (AvgIpc) is 3.68. The summed E-state index contributed by atoms with van der Waals surface area (Å²) < 4.78 is 81.7. The average molecular weight is 818 g/mol. The van der Waals surface area contributed by atoms with Crippen LogP contribution < -0.4 is 46.0 Å². The quantitative estimate of drug-likeness (QED) is 0.0647. The maximum atomic E-state index is 12.3. The molecule has 2 aromatic heterocycles. The van der Waals surface area contributed by atoms with E-state index in [1.165, 1.54) is 9.13 Å². The van der Waals surface area contributed by atoms with Crippen molar-refractivity contribution in [1.82, 2.24) is 9.13 Å². The number of fused-ring (bicyclic) bond motifs is 4. The molecule has 294 valence electrons. The van der Waals surface area contributed by atoms with Crippen LogP contribution in [0.3, 0.4) is 0 Å². The van der Waals surface area contributed by atoms with Crippen LogP contribution in [-0.4, -0.2) is 70.0 Å². The summed E-state index contributed by atoms with van der Waals surface area (Å²) in [4.78, 5) is 26.6. The van der Waals surface area contributed by atoms with Crippen molar-refractivity contribution < 1.29 is 68.9 Å². The fourth-order valence-electron chi connectivity index (χ4n) is 7.65. The summed E-state index contributed by atoms with van der Waals surface area (Å²) in [6.07, 6.45) is 15.0. The number of allylic oxidation sites excluding steroid dienone is 8. The topological polar surface area (TPSA) is 188 Å². The predicted octanol–water partition coefficient (Wildman–Crippen LogP) is 2.30. The molecule has 0 atom stereocenters. The van der Waals surface area contributed by atoms with Gasteiger partial charge in [-0.2, -0.15) is 13.0 Å². The number of aromatic nitrogens is 2. The molecule has 6 rings (SSSR count). The van der Waals surface area contributed by atoms with Gasteiger partial charge in [0.05, 0.1) is 32.3 Å². The molecule has 0 radical (unpaired) electrons. The van der Waals surface area contributed by atoms with E-state index in [9.17, 15) is 35.5 Å². The molecule has 14 nitrogen and oxygen atoms in total. The van der Waals surface area contributed by atoms with Crippen molar-refractivity contribution in [3.8, 4) is 0 Å². The van der Waals surface area contributed by atoms with Crippen LogP contribution in [-0.2, 0) is 45.2 Å². The fourth-order valence-corrected chi connectivity index (χ4v) is 8.78. The van der Waals surface area contributed by atoms with E-state index in [0.717, 1.165) is 33.9 Å². The first-order chi connectivity index (χ1) is 25.7. The third-order valence-corrected chi connectivity index (χ3v) is 12.2. The molecule has 0 amide bonds. The monoisotopic (exact) mass is 817 g/mol. The third-order valence-electron chi connectivity index (χ3n) is 10.6. The summed E-state index contributed by atoms with van der Waals surface area (Å²) in [6.45, 7) is 9.26. The molecule has 4 heterocycles. The van der Waals surface area contributed by atoms with E-state index < -0.39 is 48.3 Å². The summed E-state index contributed by atoms with van der Waals surface area (Å²) in [6, 6.07) is 7.60. The smallest absolute Gasteiger partial charge is 0.748 e. The van der Waals surface area contributed by atoms with Gasteiger partial charge in [-0.05, 0) is 62.9 Å². The minimum atomic E-state index is -4.33. The van der Waals surface area contributed by atoms with Gasteiger partial charge in [0.25, 0.3) is 10.1 Å². The molecule has 2 aliphatic heterocycles. The maximum absolute atomic E-state index is 12.3. The van der Waals surface area contributed by atoms with Gasteiger partial charge in [-0.3, -0.25) is 13.7 Å². The second-order valence-electron chi connectivity index (χ2n) is 15.1. The van der Waals surface area contributed by atoms with Gasteiger partial charge in [0.1, 0.15) is 6.54 Å². The molecule has 0 unspecified atom stereocenters. The Labute approximate surface area is 348 Å². The molecule has 2 aromatic carbocycles. The van der Waals surface area contributed by atoms with Crippen LogP contribution in [0.5, 0.6) is 0 Å². The minimum Gasteiger partial charge on any atom is -0.748 e. The van der Waals surface area contributed by atoms with E-state index in [-0.39, 0.29) is 48.2 Å². The zero-order valence-electron chi connectivity index (χ0n) is 32.7. The Balaban J connectivity index is 0.00000600. The molecule has 0 bridgehead atoms. The first-order valence-electron chi connectivity index (χ1n) is 18.0. The van der Waals surface area contributed by atoms with Crippen LogP contribution in [0, 0.1) is 0 Å². The van der Waals surface area contributed by atoms with Crippen LogP contribution in [0.4, 0.5) is 11.4 Å². The molecule has 4 aromatic rings. The van der Waals surface area contributed by atoms with E-state index in [4.69, 9.17) is 8.83 Å². The molecule has 1 N–H and O–H groups in total. The number of oxazole rings is 2. The van der Waals surface area contributed by atoms with Crippen molar-refractivity contribution in [3.63, 3.8) is 0 Å². The first-order valence-corrected chi connectivity index (χ1v) is 21.2. The standard InChI is InChI=1S/C39H46N4O10S2.Na/c1-38(2)26-22-32-30(40(5)36(44)52-32)24-28(26)42(18-12-14-20-54(46,47)48)34(38)16-10-8-7-9-11-17-35-39(3,4)27-23-33-31(41(6)37(45)53-33)25-29(27)43(35)19-13-15-21-55(49,50)51;/h7-11,16-17,22-25H,12-15,18-21H2,1-6H3,(H-,46,47,48,49,50,51);/q;+1. The molecular formula is C39H46N4NaO10S2+. The zero-order valence-corrected chi connectivity index (χ0v) is 36.4. The van der Waals surface area contributed by atoms with Crippen molar-refractivity contribution >= 4 is 59.5 Å². The minimum absolute atomic E-state index is 0. The number of nitrogens with zero attached hydrogens (tertiary/aromatic N) is 4. The van der Waals surface area contributed by atoms with Crippen molar-refractivity contribution in [3.05, 3.63) is 105 Å². The van der Waals surface area contributed by atoms with Crippen LogP contribution in [0.2, 0.25) is 0 Å². The summed E-state index contributed by atoms with van der Waals surface area (Å²) >= 11 is 0. The Morgan fingerprint density at radius 2 is 1.34 bits per heavy atom. The zero-order chi connectivity index (χ0) is 40.1. The summed E-state index contributed by atoms with van der Waals surface area (Å²) in [5, 5.41) is 0. The Morgan fingerprint density at radius 1 is 0.768 bits per heavy atom. The molecule has 0 fully saturated rings. The van der Waals surface area contributed by atoms with E-state index in [1.54, 1.807) is 14.1 Å². The van der Waals surface area contributed by atoms with E-state index >= 15 is 0 Å². The van der Waals surface area contributed by atoms with Crippen LogP contribution in [0.25, 0.3) is 22.2 Å². The number of unbranched alkanes of at least 4 members (excludes halogenated alkanes) is 2. The molecule has 0 aliphatic carbocycles. The number of benzene rings is 2. The molecule has 0 spiro atoms.